The number of rotatable bonds is 11. The van der Waals surface area contributed by atoms with Gasteiger partial charge in [0.05, 0.1) is 18.6 Å². The van der Waals surface area contributed by atoms with E-state index in [0.717, 1.165) is 27.2 Å². The zero-order valence-corrected chi connectivity index (χ0v) is 21.2. The number of aliphatic hydroxyl groups excluding tert-OH is 1. The van der Waals surface area contributed by atoms with Crippen LogP contribution in [0.4, 0.5) is 8.78 Å². The lowest BCUT2D eigenvalue weighted by atomic mass is 10.00. The first-order chi connectivity index (χ1) is 16.3. The lowest BCUT2D eigenvalue weighted by Gasteiger charge is -2.25. The van der Waals surface area contributed by atoms with E-state index in [1.54, 1.807) is 0 Å². The number of hydrogen-bond acceptors (Lipinski definition) is 3. The third-order valence-corrected chi connectivity index (χ3v) is 6.63. The fourth-order valence-electron chi connectivity index (χ4n) is 3.80. The molecule has 1 amide bonds. The topological polar surface area (TPSA) is 61.4 Å². The lowest BCUT2D eigenvalue weighted by Crippen LogP contribution is -2.49. The van der Waals surface area contributed by atoms with Crippen LogP contribution in [-0.4, -0.2) is 29.7 Å². The Morgan fingerprint density at radius 1 is 0.971 bits per heavy atom. The van der Waals surface area contributed by atoms with Gasteiger partial charge in [0.1, 0.15) is 11.6 Å². The number of nitrogens with one attached hydrogen (secondary N) is 2. The van der Waals surface area contributed by atoms with Crippen LogP contribution in [-0.2, 0) is 30.6 Å². The number of halogens is 3. The first-order valence-corrected chi connectivity index (χ1v) is 12.4. The number of carbonyl (C=O) groups excluding carboxylic acids is 1. The van der Waals surface area contributed by atoms with E-state index in [9.17, 15) is 18.7 Å². The minimum atomic E-state index is -0.959. The molecule has 0 aromatic heterocycles. The molecule has 3 aromatic rings. The second kappa shape index (κ2) is 12.9. The highest BCUT2D eigenvalue weighted by atomic mass is 127. The van der Waals surface area contributed by atoms with Crippen molar-refractivity contribution in [3.05, 3.63) is 104 Å². The Bertz CT molecular complexity index is 1090. The number of carbonyl (C=O) groups is 1. The monoisotopic (exact) mass is 578 g/mol. The number of amides is 1. The van der Waals surface area contributed by atoms with E-state index in [4.69, 9.17) is 0 Å². The summed E-state index contributed by atoms with van der Waals surface area (Å²) in [4.78, 5) is 12.8. The van der Waals surface area contributed by atoms with Gasteiger partial charge in [0.2, 0.25) is 5.91 Å². The SMILES string of the molecule is CCc1cccc(CNC[C@H](O)[C@H](Cc2cc(F)cc(F)c2)NC(=O)Cc2ccccc2I)c1. The van der Waals surface area contributed by atoms with Gasteiger partial charge in [-0.25, -0.2) is 8.78 Å². The smallest absolute Gasteiger partial charge is 0.224 e. The van der Waals surface area contributed by atoms with E-state index in [-0.39, 0.29) is 25.3 Å². The van der Waals surface area contributed by atoms with Crippen LogP contribution >= 0.6 is 22.6 Å². The molecule has 0 unspecified atom stereocenters. The first kappa shape index (κ1) is 26.2. The molecule has 0 aliphatic carbocycles. The minimum Gasteiger partial charge on any atom is -0.390 e. The molecule has 0 radical (unpaired) electrons. The van der Waals surface area contributed by atoms with Crippen molar-refractivity contribution in [2.45, 2.75) is 44.9 Å². The molecule has 0 aliphatic heterocycles. The van der Waals surface area contributed by atoms with Crippen molar-refractivity contribution in [2.24, 2.45) is 0 Å². The Morgan fingerprint density at radius 2 is 1.68 bits per heavy atom. The summed E-state index contributed by atoms with van der Waals surface area (Å²) in [6.45, 7) is 2.86. The van der Waals surface area contributed by atoms with E-state index < -0.39 is 23.8 Å². The van der Waals surface area contributed by atoms with E-state index in [1.165, 1.54) is 17.7 Å². The molecule has 0 saturated heterocycles. The molecule has 180 valence electrons. The quantitative estimate of drug-likeness (QED) is 0.293. The highest BCUT2D eigenvalue weighted by Gasteiger charge is 2.23. The average molecular weight is 578 g/mol. The van der Waals surface area contributed by atoms with Gasteiger partial charge in [-0.05, 0) is 75.9 Å². The molecule has 2 atom stereocenters. The number of aryl methyl sites for hydroxylation is 1. The summed E-state index contributed by atoms with van der Waals surface area (Å²) >= 11 is 2.17. The van der Waals surface area contributed by atoms with E-state index in [0.29, 0.717) is 12.1 Å². The zero-order valence-electron chi connectivity index (χ0n) is 19.0. The molecule has 0 saturated carbocycles. The molecular weight excluding hydrogens is 549 g/mol. The number of aliphatic hydroxyl groups is 1. The maximum Gasteiger partial charge on any atom is 0.224 e. The molecule has 4 nitrogen and oxygen atoms in total. The van der Waals surface area contributed by atoms with Crippen molar-refractivity contribution in [2.75, 3.05) is 6.54 Å². The fourth-order valence-corrected chi connectivity index (χ4v) is 4.38. The van der Waals surface area contributed by atoms with Crippen LogP contribution < -0.4 is 10.6 Å². The molecule has 3 N–H and O–H groups in total. The normalized spacial score (nSPS) is 12.9. The van der Waals surface area contributed by atoms with Gasteiger partial charge in [-0.1, -0.05) is 49.4 Å². The Labute approximate surface area is 212 Å². The third-order valence-electron chi connectivity index (χ3n) is 5.58. The molecule has 3 rings (SSSR count). The summed E-state index contributed by atoms with van der Waals surface area (Å²) in [6, 6.07) is 18.3. The van der Waals surface area contributed by atoms with Crippen LogP contribution in [0, 0.1) is 15.2 Å². The fraction of sp³-hybridized carbons (Fsp3) is 0.296. The van der Waals surface area contributed by atoms with Gasteiger partial charge < -0.3 is 15.7 Å². The van der Waals surface area contributed by atoms with Crippen molar-refractivity contribution in [3.8, 4) is 0 Å². The summed E-state index contributed by atoms with van der Waals surface area (Å²) in [6.07, 6.45) is 0.228. The van der Waals surface area contributed by atoms with Gasteiger partial charge in [0.25, 0.3) is 0 Å². The summed E-state index contributed by atoms with van der Waals surface area (Å²) < 4.78 is 28.4. The van der Waals surface area contributed by atoms with Gasteiger partial charge in [-0.2, -0.15) is 0 Å². The molecule has 0 fully saturated rings. The number of benzene rings is 3. The van der Waals surface area contributed by atoms with Crippen LogP contribution in [0.3, 0.4) is 0 Å². The van der Waals surface area contributed by atoms with Crippen LogP contribution in [0.1, 0.15) is 29.2 Å². The largest absolute Gasteiger partial charge is 0.390 e. The molecule has 7 heteroatoms. The Kier molecular flexibility index (Phi) is 9.98. The van der Waals surface area contributed by atoms with Crippen LogP contribution in [0.2, 0.25) is 0 Å². The van der Waals surface area contributed by atoms with Crippen molar-refractivity contribution >= 4 is 28.5 Å². The maximum absolute atomic E-state index is 13.7. The van der Waals surface area contributed by atoms with E-state index in [2.05, 4.69) is 52.3 Å². The molecule has 34 heavy (non-hydrogen) atoms. The average Bonchev–Trinajstić information content (AvgIpc) is 2.79. The Hall–Kier alpha value is -2.36. The second-order valence-corrected chi connectivity index (χ2v) is 9.46. The summed E-state index contributed by atoms with van der Waals surface area (Å²) in [5.41, 5.74) is 3.57. The second-order valence-electron chi connectivity index (χ2n) is 8.30. The van der Waals surface area contributed by atoms with E-state index in [1.807, 2.05) is 36.4 Å². The molecule has 3 aromatic carbocycles. The lowest BCUT2D eigenvalue weighted by molar-refractivity contribution is -0.122. The van der Waals surface area contributed by atoms with Gasteiger partial charge in [0, 0.05) is 22.7 Å². The molecule has 0 aliphatic rings. The van der Waals surface area contributed by atoms with Crippen molar-refractivity contribution in [3.63, 3.8) is 0 Å². The van der Waals surface area contributed by atoms with Gasteiger partial charge in [-0.3, -0.25) is 4.79 Å². The Morgan fingerprint density at radius 3 is 2.38 bits per heavy atom. The third kappa shape index (κ3) is 8.14. The van der Waals surface area contributed by atoms with Gasteiger partial charge in [-0.15, -0.1) is 0 Å². The van der Waals surface area contributed by atoms with Crippen LogP contribution in [0.5, 0.6) is 0 Å². The highest BCUT2D eigenvalue weighted by molar-refractivity contribution is 14.1. The van der Waals surface area contributed by atoms with Gasteiger partial charge >= 0.3 is 0 Å². The number of hydrogen-bond donors (Lipinski definition) is 3. The molecule has 0 spiro atoms. The zero-order chi connectivity index (χ0) is 24.5. The Balaban J connectivity index is 1.67. The molecular formula is C27H29F2IN2O2. The van der Waals surface area contributed by atoms with Crippen molar-refractivity contribution in [1.29, 1.82) is 0 Å². The molecule has 0 heterocycles. The standard InChI is InChI=1S/C27H29F2IN2O2/c1-2-18-6-5-7-19(10-18)16-31-17-26(33)25(13-20-11-22(28)15-23(29)12-20)32-27(34)14-21-8-3-4-9-24(21)30/h3-12,15,25-26,31,33H,2,13-14,16-17H2,1H3,(H,32,34)/t25-,26-/m0/s1. The van der Waals surface area contributed by atoms with E-state index >= 15 is 0 Å². The van der Waals surface area contributed by atoms with Crippen LogP contribution in [0.15, 0.2) is 66.7 Å². The highest BCUT2D eigenvalue weighted by Crippen LogP contribution is 2.14. The predicted molar refractivity (Wildman–Crippen MR) is 138 cm³/mol. The van der Waals surface area contributed by atoms with Gasteiger partial charge in [0.15, 0.2) is 0 Å². The minimum absolute atomic E-state index is 0.0977. The van der Waals surface area contributed by atoms with Crippen LogP contribution in [0.25, 0.3) is 0 Å². The first-order valence-electron chi connectivity index (χ1n) is 11.3. The maximum atomic E-state index is 13.7. The summed E-state index contributed by atoms with van der Waals surface area (Å²) in [7, 11) is 0. The molecule has 0 bridgehead atoms. The van der Waals surface area contributed by atoms with Crippen molar-refractivity contribution < 1.29 is 18.7 Å². The van der Waals surface area contributed by atoms with Crippen molar-refractivity contribution in [1.82, 2.24) is 10.6 Å². The summed E-state index contributed by atoms with van der Waals surface area (Å²) in [5, 5.41) is 17.0. The summed E-state index contributed by atoms with van der Waals surface area (Å²) in [5.74, 6) is -1.65. The predicted octanol–water partition coefficient (Wildman–Crippen LogP) is 4.55.